The van der Waals surface area contributed by atoms with E-state index in [-0.39, 0.29) is 11.9 Å². The predicted molar refractivity (Wildman–Crippen MR) is 87.3 cm³/mol. The molecule has 0 aromatic heterocycles. The van der Waals surface area contributed by atoms with Crippen LogP contribution in [-0.4, -0.2) is 36.5 Å². The highest BCUT2D eigenvalue weighted by Crippen LogP contribution is 2.16. The van der Waals surface area contributed by atoms with Gasteiger partial charge in [0.25, 0.3) is 0 Å². The summed E-state index contributed by atoms with van der Waals surface area (Å²) < 4.78 is 0. The molecular formula is C17H27N3O. The maximum atomic E-state index is 12.0. The van der Waals surface area contributed by atoms with Gasteiger partial charge in [0.15, 0.2) is 0 Å². The number of benzene rings is 1. The van der Waals surface area contributed by atoms with Gasteiger partial charge in [0.1, 0.15) is 0 Å². The van der Waals surface area contributed by atoms with Crippen molar-refractivity contribution < 1.29 is 4.79 Å². The predicted octanol–water partition coefficient (Wildman–Crippen LogP) is 2.61. The van der Waals surface area contributed by atoms with Gasteiger partial charge < -0.3 is 10.6 Å². The molecule has 4 heteroatoms. The molecule has 0 aliphatic carbocycles. The fraction of sp³-hybridized carbons (Fsp3) is 0.588. The molecule has 1 aromatic carbocycles. The number of carbonyl (C=O) groups excluding carboxylic acids is 1. The third-order valence-electron chi connectivity index (χ3n) is 3.86. The van der Waals surface area contributed by atoms with E-state index in [0.717, 1.165) is 18.8 Å². The molecule has 0 radical (unpaired) electrons. The van der Waals surface area contributed by atoms with Crippen LogP contribution in [0.2, 0.25) is 0 Å². The second-order valence-corrected chi connectivity index (χ2v) is 5.89. The largest absolute Gasteiger partial charge is 0.326 e. The molecule has 1 fully saturated rings. The van der Waals surface area contributed by atoms with Crippen molar-refractivity contribution in [3.63, 3.8) is 0 Å². The standard InChI is InChI=1S/C17H27N3O/c1-3-18-14(2)11-17(21)19-16-8-6-7-15(12-16)13-20-9-4-5-10-20/h6-8,12,14,18H,3-5,9-11,13H2,1-2H3,(H,19,21). The van der Waals surface area contributed by atoms with E-state index in [9.17, 15) is 4.79 Å². The Labute approximate surface area is 127 Å². The summed E-state index contributed by atoms with van der Waals surface area (Å²) in [6.07, 6.45) is 3.11. The van der Waals surface area contributed by atoms with Crippen LogP contribution in [-0.2, 0) is 11.3 Å². The van der Waals surface area contributed by atoms with Crippen molar-refractivity contribution in [1.29, 1.82) is 0 Å². The van der Waals surface area contributed by atoms with E-state index in [0.29, 0.717) is 6.42 Å². The Bertz CT molecular complexity index is 455. The van der Waals surface area contributed by atoms with Crippen LogP contribution in [0.15, 0.2) is 24.3 Å². The van der Waals surface area contributed by atoms with Crippen LogP contribution >= 0.6 is 0 Å². The minimum atomic E-state index is 0.0711. The Balaban J connectivity index is 1.86. The molecule has 21 heavy (non-hydrogen) atoms. The Kier molecular flexibility index (Phi) is 6.21. The fourth-order valence-electron chi connectivity index (χ4n) is 2.86. The molecule has 1 aliphatic heterocycles. The van der Waals surface area contributed by atoms with E-state index < -0.39 is 0 Å². The molecule has 1 amide bonds. The lowest BCUT2D eigenvalue weighted by Gasteiger charge is -2.16. The Morgan fingerprint density at radius 2 is 2.10 bits per heavy atom. The highest BCUT2D eigenvalue weighted by Gasteiger charge is 2.12. The summed E-state index contributed by atoms with van der Waals surface area (Å²) in [5.74, 6) is 0.0711. The quantitative estimate of drug-likeness (QED) is 0.811. The highest BCUT2D eigenvalue weighted by molar-refractivity contribution is 5.91. The van der Waals surface area contributed by atoms with Crippen LogP contribution in [0, 0.1) is 0 Å². The second-order valence-electron chi connectivity index (χ2n) is 5.89. The zero-order valence-corrected chi connectivity index (χ0v) is 13.2. The molecule has 1 atom stereocenters. The van der Waals surface area contributed by atoms with Gasteiger partial charge in [-0.05, 0) is 57.1 Å². The summed E-state index contributed by atoms with van der Waals surface area (Å²) in [5.41, 5.74) is 2.18. The van der Waals surface area contributed by atoms with Gasteiger partial charge in [-0.2, -0.15) is 0 Å². The van der Waals surface area contributed by atoms with E-state index in [1.807, 2.05) is 19.1 Å². The van der Waals surface area contributed by atoms with Crippen molar-refractivity contribution in [2.75, 3.05) is 25.0 Å². The van der Waals surface area contributed by atoms with Gasteiger partial charge in [-0.1, -0.05) is 19.1 Å². The number of amides is 1. The zero-order valence-electron chi connectivity index (χ0n) is 13.2. The Morgan fingerprint density at radius 1 is 1.33 bits per heavy atom. The first-order valence-corrected chi connectivity index (χ1v) is 8.02. The minimum Gasteiger partial charge on any atom is -0.326 e. The van der Waals surface area contributed by atoms with Gasteiger partial charge in [0.05, 0.1) is 0 Å². The number of carbonyl (C=O) groups is 1. The third-order valence-corrected chi connectivity index (χ3v) is 3.86. The maximum Gasteiger partial charge on any atom is 0.225 e. The lowest BCUT2D eigenvalue weighted by molar-refractivity contribution is -0.116. The SMILES string of the molecule is CCNC(C)CC(=O)Nc1cccc(CN2CCCC2)c1. The first kappa shape index (κ1) is 16.0. The molecule has 1 unspecified atom stereocenters. The van der Waals surface area contributed by atoms with Crippen LogP contribution in [0.1, 0.15) is 38.7 Å². The van der Waals surface area contributed by atoms with Crippen molar-refractivity contribution >= 4 is 11.6 Å². The molecule has 1 heterocycles. The number of hydrogen-bond donors (Lipinski definition) is 2. The number of anilines is 1. The Hall–Kier alpha value is -1.39. The van der Waals surface area contributed by atoms with Gasteiger partial charge in [0, 0.05) is 24.7 Å². The van der Waals surface area contributed by atoms with Gasteiger partial charge in [-0.15, -0.1) is 0 Å². The third kappa shape index (κ3) is 5.48. The monoisotopic (exact) mass is 289 g/mol. The summed E-state index contributed by atoms with van der Waals surface area (Å²) in [4.78, 5) is 14.5. The summed E-state index contributed by atoms with van der Waals surface area (Å²) in [6.45, 7) is 8.34. The molecule has 4 nitrogen and oxygen atoms in total. The molecular weight excluding hydrogens is 262 g/mol. The molecule has 1 saturated heterocycles. The molecule has 0 bridgehead atoms. The van der Waals surface area contributed by atoms with E-state index >= 15 is 0 Å². The summed E-state index contributed by atoms with van der Waals surface area (Å²) in [7, 11) is 0. The van der Waals surface area contributed by atoms with Crippen LogP contribution in [0.5, 0.6) is 0 Å². The van der Waals surface area contributed by atoms with Crippen molar-refractivity contribution in [3.8, 4) is 0 Å². The van der Waals surface area contributed by atoms with Crippen LogP contribution in [0.3, 0.4) is 0 Å². The van der Waals surface area contributed by atoms with Crippen molar-refractivity contribution in [2.45, 2.75) is 45.7 Å². The van der Waals surface area contributed by atoms with Crippen molar-refractivity contribution in [3.05, 3.63) is 29.8 Å². The average molecular weight is 289 g/mol. The number of nitrogens with zero attached hydrogens (tertiary/aromatic N) is 1. The maximum absolute atomic E-state index is 12.0. The number of nitrogens with one attached hydrogen (secondary N) is 2. The normalized spacial score (nSPS) is 16.9. The second kappa shape index (κ2) is 8.15. The van der Waals surface area contributed by atoms with Crippen molar-refractivity contribution in [1.82, 2.24) is 10.2 Å². The first-order valence-electron chi connectivity index (χ1n) is 8.02. The van der Waals surface area contributed by atoms with Gasteiger partial charge in [-0.25, -0.2) is 0 Å². The van der Waals surface area contributed by atoms with Crippen LogP contribution in [0.4, 0.5) is 5.69 Å². The zero-order chi connectivity index (χ0) is 15.1. The molecule has 2 N–H and O–H groups in total. The van der Waals surface area contributed by atoms with E-state index in [1.54, 1.807) is 0 Å². The fourth-order valence-corrected chi connectivity index (χ4v) is 2.86. The number of hydrogen-bond acceptors (Lipinski definition) is 3. The molecule has 1 aromatic rings. The summed E-state index contributed by atoms with van der Waals surface area (Å²) in [6, 6.07) is 8.42. The first-order chi connectivity index (χ1) is 10.2. The topological polar surface area (TPSA) is 44.4 Å². The number of likely N-dealkylation sites (tertiary alicyclic amines) is 1. The summed E-state index contributed by atoms with van der Waals surface area (Å²) in [5, 5.41) is 6.25. The van der Waals surface area contributed by atoms with E-state index in [4.69, 9.17) is 0 Å². The van der Waals surface area contributed by atoms with Crippen molar-refractivity contribution in [2.24, 2.45) is 0 Å². The van der Waals surface area contributed by atoms with Crippen LogP contribution in [0.25, 0.3) is 0 Å². The highest BCUT2D eigenvalue weighted by atomic mass is 16.1. The van der Waals surface area contributed by atoms with E-state index in [2.05, 4.69) is 34.6 Å². The van der Waals surface area contributed by atoms with Crippen LogP contribution < -0.4 is 10.6 Å². The molecule has 116 valence electrons. The van der Waals surface area contributed by atoms with E-state index in [1.165, 1.54) is 31.5 Å². The molecule has 0 saturated carbocycles. The van der Waals surface area contributed by atoms with Gasteiger partial charge in [-0.3, -0.25) is 9.69 Å². The molecule has 2 rings (SSSR count). The lowest BCUT2D eigenvalue weighted by atomic mass is 10.1. The van der Waals surface area contributed by atoms with Gasteiger partial charge >= 0.3 is 0 Å². The lowest BCUT2D eigenvalue weighted by Crippen LogP contribution is -2.30. The Morgan fingerprint density at radius 3 is 2.81 bits per heavy atom. The molecule has 0 spiro atoms. The smallest absolute Gasteiger partial charge is 0.225 e. The number of rotatable bonds is 7. The van der Waals surface area contributed by atoms with Gasteiger partial charge in [0.2, 0.25) is 5.91 Å². The average Bonchev–Trinajstić information content (AvgIpc) is 2.92. The minimum absolute atomic E-state index is 0.0711. The molecule has 1 aliphatic rings. The summed E-state index contributed by atoms with van der Waals surface area (Å²) >= 11 is 0.